The van der Waals surface area contributed by atoms with E-state index in [2.05, 4.69) is 30.8 Å². The molecule has 3 heterocycles. The molecule has 3 aromatic rings. The Labute approximate surface area is 176 Å². The maximum Gasteiger partial charge on any atom is 0.233 e. The van der Waals surface area contributed by atoms with Crippen molar-refractivity contribution in [3.8, 4) is 5.69 Å². The molecule has 0 bridgehead atoms. The summed E-state index contributed by atoms with van der Waals surface area (Å²) in [6, 6.07) is 14.0. The zero-order valence-electron chi connectivity index (χ0n) is 15.2. The molecule has 0 N–H and O–H groups in total. The van der Waals surface area contributed by atoms with Gasteiger partial charge in [0.25, 0.3) is 0 Å². The zero-order valence-corrected chi connectivity index (χ0v) is 17.6. The SMILES string of the molecule is O=C(CSc1nccn1-c1ccc(Br)cc1)N1CCN(c2ccccn2)CC1. The molecule has 2 aromatic heterocycles. The summed E-state index contributed by atoms with van der Waals surface area (Å²) in [5, 5.41) is 0.822. The summed E-state index contributed by atoms with van der Waals surface area (Å²) in [6.07, 6.45) is 5.49. The van der Waals surface area contributed by atoms with Gasteiger partial charge in [-0.1, -0.05) is 33.8 Å². The van der Waals surface area contributed by atoms with Gasteiger partial charge in [-0.15, -0.1) is 0 Å². The number of benzene rings is 1. The average molecular weight is 458 g/mol. The quantitative estimate of drug-likeness (QED) is 0.549. The van der Waals surface area contributed by atoms with Gasteiger partial charge in [-0.3, -0.25) is 9.36 Å². The molecule has 0 saturated carbocycles. The summed E-state index contributed by atoms with van der Waals surface area (Å²) in [7, 11) is 0. The Balaban J connectivity index is 1.32. The van der Waals surface area contributed by atoms with Crippen LogP contribution in [0.15, 0.2) is 70.7 Å². The fourth-order valence-corrected chi connectivity index (χ4v) is 4.28. The number of halogens is 1. The van der Waals surface area contributed by atoms with Crippen LogP contribution in [-0.4, -0.2) is 57.3 Å². The van der Waals surface area contributed by atoms with E-state index in [-0.39, 0.29) is 5.91 Å². The van der Waals surface area contributed by atoms with Crippen LogP contribution >= 0.6 is 27.7 Å². The fraction of sp³-hybridized carbons (Fsp3) is 0.250. The summed E-state index contributed by atoms with van der Waals surface area (Å²) in [4.78, 5) is 25.6. The lowest BCUT2D eigenvalue weighted by molar-refractivity contribution is -0.128. The van der Waals surface area contributed by atoms with Crippen molar-refractivity contribution in [1.82, 2.24) is 19.4 Å². The normalized spacial score (nSPS) is 14.3. The van der Waals surface area contributed by atoms with Crippen LogP contribution in [0.1, 0.15) is 0 Å². The predicted molar refractivity (Wildman–Crippen MR) is 115 cm³/mol. The molecule has 144 valence electrons. The van der Waals surface area contributed by atoms with Gasteiger partial charge in [0.15, 0.2) is 5.16 Å². The lowest BCUT2D eigenvalue weighted by Gasteiger charge is -2.35. The lowest BCUT2D eigenvalue weighted by atomic mass is 10.3. The summed E-state index contributed by atoms with van der Waals surface area (Å²) >= 11 is 4.93. The van der Waals surface area contributed by atoms with Crippen LogP contribution in [0.25, 0.3) is 5.69 Å². The monoisotopic (exact) mass is 457 g/mol. The van der Waals surface area contributed by atoms with E-state index in [0.29, 0.717) is 5.75 Å². The summed E-state index contributed by atoms with van der Waals surface area (Å²) in [5.74, 6) is 1.51. The van der Waals surface area contributed by atoms with Crippen molar-refractivity contribution in [3.63, 3.8) is 0 Å². The van der Waals surface area contributed by atoms with Crippen LogP contribution < -0.4 is 4.90 Å². The van der Waals surface area contributed by atoms with Crippen molar-refractivity contribution < 1.29 is 4.79 Å². The maximum atomic E-state index is 12.7. The molecule has 0 spiro atoms. The van der Waals surface area contributed by atoms with E-state index in [4.69, 9.17) is 0 Å². The third-order valence-corrected chi connectivity index (χ3v) is 6.12. The number of carbonyl (C=O) groups excluding carboxylic acids is 1. The van der Waals surface area contributed by atoms with Crippen LogP contribution in [0.2, 0.25) is 0 Å². The lowest BCUT2D eigenvalue weighted by Crippen LogP contribution is -2.49. The number of pyridine rings is 1. The number of amides is 1. The van der Waals surface area contributed by atoms with Gasteiger partial charge in [0.1, 0.15) is 5.82 Å². The second kappa shape index (κ2) is 8.79. The Bertz CT molecular complexity index is 923. The van der Waals surface area contributed by atoms with E-state index in [0.717, 1.165) is 47.3 Å². The Morgan fingerprint density at radius 1 is 1.00 bits per heavy atom. The molecular weight excluding hydrogens is 438 g/mol. The van der Waals surface area contributed by atoms with Crippen molar-refractivity contribution in [1.29, 1.82) is 0 Å². The summed E-state index contributed by atoms with van der Waals surface area (Å²) in [5.41, 5.74) is 1.03. The van der Waals surface area contributed by atoms with Crippen LogP contribution in [0, 0.1) is 0 Å². The number of hydrogen-bond acceptors (Lipinski definition) is 5. The molecule has 1 amide bonds. The average Bonchev–Trinajstić information content (AvgIpc) is 3.22. The molecule has 1 aromatic carbocycles. The standard InChI is InChI=1S/C20H20BrN5OS/c21-16-4-6-17(7-5-16)26-10-9-23-20(26)28-15-19(27)25-13-11-24(12-14-25)18-3-1-2-8-22-18/h1-10H,11-15H2. The second-order valence-corrected chi connectivity index (χ2v) is 8.26. The van der Waals surface area contributed by atoms with Crippen molar-refractivity contribution in [2.45, 2.75) is 5.16 Å². The molecule has 1 aliphatic rings. The molecule has 0 unspecified atom stereocenters. The number of nitrogens with zero attached hydrogens (tertiary/aromatic N) is 5. The number of carbonyl (C=O) groups is 1. The first-order chi connectivity index (χ1) is 13.7. The Kier molecular flexibility index (Phi) is 5.97. The third-order valence-electron chi connectivity index (χ3n) is 4.64. The van der Waals surface area contributed by atoms with Gasteiger partial charge in [-0.2, -0.15) is 0 Å². The highest BCUT2D eigenvalue weighted by Gasteiger charge is 2.22. The van der Waals surface area contributed by atoms with E-state index in [1.807, 2.05) is 58.1 Å². The minimum Gasteiger partial charge on any atom is -0.353 e. The number of imidazole rings is 1. The Morgan fingerprint density at radius 3 is 2.50 bits per heavy atom. The molecular formula is C20H20BrN5OS. The number of anilines is 1. The van der Waals surface area contributed by atoms with Gasteiger partial charge < -0.3 is 9.80 Å². The van der Waals surface area contributed by atoms with E-state index >= 15 is 0 Å². The van der Waals surface area contributed by atoms with Crippen LogP contribution in [0.4, 0.5) is 5.82 Å². The molecule has 4 rings (SSSR count). The third kappa shape index (κ3) is 4.39. The second-order valence-electron chi connectivity index (χ2n) is 6.40. The van der Waals surface area contributed by atoms with E-state index in [1.165, 1.54) is 11.8 Å². The topological polar surface area (TPSA) is 54.3 Å². The number of rotatable bonds is 5. The van der Waals surface area contributed by atoms with Gasteiger partial charge in [-0.05, 0) is 36.4 Å². The van der Waals surface area contributed by atoms with Crippen LogP contribution in [-0.2, 0) is 4.79 Å². The van der Waals surface area contributed by atoms with Crippen molar-refractivity contribution >= 4 is 39.4 Å². The molecule has 1 saturated heterocycles. The Hall–Kier alpha value is -2.32. The first-order valence-electron chi connectivity index (χ1n) is 9.06. The van der Waals surface area contributed by atoms with E-state index in [1.54, 1.807) is 12.4 Å². The maximum absolute atomic E-state index is 12.7. The minimum atomic E-state index is 0.149. The molecule has 0 atom stereocenters. The molecule has 8 heteroatoms. The summed E-state index contributed by atoms with van der Waals surface area (Å²) < 4.78 is 3.04. The minimum absolute atomic E-state index is 0.149. The molecule has 0 aliphatic carbocycles. The molecule has 28 heavy (non-hydrogen) atoms. The van der Waals surface area contributed by atoms with Crippen molar-refractivity contribution in [3.05, 3.63) is 65.5 Å². The fourth-order valence-electron chi connectivity index (χ4n) is 3.14. The molecule has 6 nitrogen and oxygen atoms in total. The first-order valence-corrected chi connectivity index (χ1v) is 10.8. The smallest absolute Gasteiger partial charge is 0.233 e. The van der Waals surface area contributed by atoms with Crippen LogP contribution in [0.5, 0.6) is 0 Å². The summed E-state index contributed by atoms with van der Waals surface area (Å²) in [6.45, 7) is 3.05. The highest BCUT2D eigenvalue weighted by Crippen LogP contribution is 2.22. The van der Waals surface area contributed by atoms with Gasteiger partial charge >= 0.3 is 0 Å². The van der Waals surface area contributed by atoms with Gasteiger partial charge in [0.2, 0.25) is 5.91 Å². The van der Waals surface area contributed by atoms with E-state index in [9.17, 15) is 4.79 Å². The molecule has 1 aliphatic heterocycles. The molecule has 0 radical (unpaired) electrons. The number of aromatic nitrogens is 3. The highest BCUT2D eigenvalue weighted by molar-refractivity contribution is 9.10. The van der Waals surface area contributed by atoms with Gasteiger partial charge in [0.05, 0.1) is 5.75 Å². The number of hydrogen-bond donors (Lipinski definition) is 0. The first kappa shape index (κ1) is 19.0. The predicted octanol–water partition coefficient (Wildman–Crippen LogP) is 3.47. The Morgan fingerprint density at radius 2 is 1.79 bits per heavy atom. The van der Waals surface area contributed by atoms with Crippen LogP contribution in [0.3, 0.4) is 0 Å². The highest BCUT2D eigenvalue weighted by atomic mass is 79.9. The zero-order chi connectivity index (χ0) is 19.3. The molecule has 1 fully saturated rings. The van der Waals surface area contributed by atoms with Gasteiger partial charge in [0, 0.05) is 54.9 Å². The largest absolute Gasteiger partial charge is 0.353 e. The van der Waals surface area contributed by atoms with Crippen molar-refractivity contribution in [2.24, 2.45) is 0 Å². The van der Waals surface area contributed by atoms with Gasteiger partial charge in [-0.25, -0.2) is 9.97 Å². The number of piperazine rings is 1. The van der Waals surface area contributed by atoms with E-state index < -0.39 is 0 Å². The van der Waals surface area contributed by atoms with Crippen molar-refractivity contribution in [2.75, 3.05) is 36.8 Å². The number of thioether (sulfide) groups is 1.